The van der Waals surface area contributed by atoms with Crippen molar-refractivity contribution in [2.75, 3.05) is 5.32 Å². The van der Waals surface area contributed by atoms with E-state index in [1.165, 1.54) is 24.6 Å². The molecule has 2 aromatic carbocycles. The molecule has 0 aliphatic carbocycles. The summed E-state index contributed by atoms with van der Waals surface area (Å²) in [6.07, 6.45) is -4.71. The fourth-order valence-electron chi connectivity index (χ4n) is 3.68. The number of H-pyrrole nitrogens is 1. The fourth-order valence-corrected chi connectivity index (χ4v) is 3.68. The van der Waals surface area contributed by atoms with Crippen LogP contribution in [0.1, 0.15) is 52.7 Å². The minimum Gasteiger partial charge on any atom is -0.486 e. The summed E-state index contributed by atoms with van der Waals surface area (Å²) in [5.74, 6) is 0.00341. The Hall–Kier alpha value is -4.01. The Balaban J connectivity index is 1.39. The van der Waals surface area contributed by atoms with Gasteiger partial charge in [-0.25, -0.2) is 0 Å². The monoisotopic (exact) mass is 483 g/mol. The number of alkyl halides is 3. The van der Waals surface area contributed by atoms with Crippen LogP contribution in [0.5, 0.6) is 5.75 Å². The van der Waals surface area contributed by atoms with Gasteiger partial charge >= 0.3 is 6.18 Å². The highest BCUT2D eigenvalue weighted by atomic mass is 19.4. The van der Waals surface area contributed by atoms with Gasteiger partial charge in [-0.3, -0.25) is 9.89 Å². The quantitative estimate of drug-likeness (QED) is 0.315. The molecule has 2 aromatic heterocycles. The molecule has 0 spiro atoms. The molecule has 0 bridgehead atoms. The van der Waals surface area contributed by atoms with Crippen molar-refractivity contribution in [1.82, 2.24) is 10.2 Å². The number of ether oxygens (including phenoxy) is 1. The molecule has 4 rings (SSSR count). The lowest BCUT2D eigenvalue weighted by Crippen LogP contribution is -2.18. The molecule has 0 radical (unpaired) electrons. The van der Waals surface area contributed by atoms with Gasteiger partial charge in [0.1, 0.15) is 18.1 Å². The number of halogens is 3. The Bertz CT molecular complexity index is 1310. The SMILES string of the molecule is Cc1[nH]nc(C(F)(F)F)c1NC(=O)c1ccc(COc2ccc(C(C)(C)c3ccccc3)cc2)o1. The van der Waals surface area contributed by atoms with Crippen LogP contribution in [0, 0.1) is 6.92 Å². The lowest BCUT2D eigenvalue weighted by Gasteiger charge is -2.26. The third kappa shape index (κ3) is 5.24. The minimum atomic E-state index is -4.71. The summed E-state index contributed by atoms with van der Waals surface area (Å²) in [4.78, 5) is 12.4. The van der Waals surface area contributed by atoms with Crippen LogP contribution in [0.15, 0.2) is 71.1 Å². The molecule has 182 valence electrons. The molecule has 2 heterocycles. The Kier molecular flexibility index (Phi) is 6.43. The van der Waals surface area contributed by atoms with Gasteiger partial charge in [0, 0.05) is 5.41 Å². The molecule has 0 saturated heterocycles. The van der Waals surface area contributed by atoms with E-state index in [9.17, 15) is 18.0 Å². The van der Waals surface area contributed by atoms with Crippen LogP contribution in [-0.2, 0) is 18.2 Å². The summed E-state index contributed by atoms with van der Waals surface area (Å²) in [6.45, 7) is 5.73. The molecule has 0 atom stereocenters. The lowest BCUT2D eigenvalue weighted by molar-refractivity contribution is -0.140. The number of benzene rings is 2. The molecular formula is C26H24F3N3O3. The van der Waals surface area contributed by atoms with Gasteiger partial charge in [0.25, 0.3) is 5.91 Å². The van der Waals surface area contributed by atoms with Crippen LogP contribution >= 0.6 is 0 Å². The highest BCUT2D eigenvalue weighted by Gasteiger charge is 2.38. The summed E-state index contributed by atoms with van der Waals surface area (Å²) in [7, 11) is 0. The molecule has 6 nitrogen and oxygen atoms in total. The van der Waals surface area contributed by atoms with Crippen molar-refractivity contribution in [2.45, 2.75) is 39.0 Å². The normalized spacial score (nSPS) is 11.9. The van der Waals surface area contributed by atoms with E-state index in [-0.39, 0.29) is 23.5 Å². The van der Waals surface area contributed by atoms with Crippen molar-refractivity contribution in [3.63, 3.8) is 0 Å². The second kappa shape index (κ2) is 9.32. The second-order valence-electron chi connectivity index (χ2n) is 8.59. The van der Waals surface area contributed by atoms with Crippen LogP contribution < -0.4 is 10.1 Å². The first-order chi connectivity index (χ1) is 16.6. The van der Waals surface area contributed by atoms with Gasteiger partial charge in [0.05, 0.1) is 11.4 Å². The summed E-state index contributed by atoms with van der Waals surface area (Å²) in [5.41, 5.74) is 0.596. The van der Waals surface area contributed by atoms with Crippen molar-refractivity contribution < 1.29 is 27.1 Å². The van der Waals surface area contributed by atoms with Gasteiger partial charge in [-0.2, -0.15) is 18.3 Å². The number of aryl methyl sites for hydroxylation is 1. The van der Waals surface area contributed by atoms with E-state index in [0.717, 1.165) is 5.56 Å². The maximum absolute atomic E-state index is 13.1. The van der Waals surface area contributed by atoms with Crippen LogP contribution in [0.25, 0.3) is 0 Å². The van der Waals surface area contributed by atoms with Crippen LogP contribution in [0.2, 0.25) is 0 Å². The van der Waals surface area contributed by atoms with Crippen LogP contribution in [0.3, 0.4) is 0 Å². The maximum Gasteiger partial charge on any atom is 0.437 e. The molecule has 9 heteroatoms. The molecule has 0 aliphatic rings. The zero-order valence-corrected chi connectivity index (χ0v) is 19.4. The van der Waals surface area contributed by atoms with E-state index in [1.807, 2.05) is 42.5 Å². The summed E-state index contributed by atoms with van der Waals surface area (Å²) in [6, 6.07) is 20.8. The van der Waals surface area contributed by atoms with Crippen molar-refractivity contribution in [3.8, 4) is 5.75 Å². The average Bonchev–Trinajstić information content (AvgIpc) is 3.45. The van der Waals surface area contributed by atoms with E-state index in [4.69, 9.17) is 9.15 Å². The number of rotatable bonds is 7. The standard InChI is InChI=1S/C26H24F3N3O3/c1-16-22(23(32-31-16)26(27,28)29)30-24(33)21-14-13-20(35-21)15-34-19-11-9-18(10-12-19)25(2,3)17-7-5-4-6-8-17/h4-14H,15H2,1-3H3,(H,30,33)(H,31,32). The molecule has 4 aromatic rings. The molecule has 0 aliphatic heterocycles. The topological polar surface area (TPSA) is 80.2 Å². The van der Waals surface area contributed by atoms with Gasteiger partial charge < -0.3 is 14.5 Å². The second-order valence-corrected chi connectivity index (χ2v) is 8.59. The van der Waals surface area contributed by atoms with Crippen LogP contribution in [-0.4, -0.2) is 16.1 Å². The first-order valence-corrected chi connectivity index (χ1v) is 10.9. The Morgan fingerprint density at radius 2 is 1.66 bits per heavy atom. The smallest absolute Gasteiger partial charge is 0.437 e. The van der Waals surface area contributed by atoms with Gasteiger partial charge in [-0.1, -0.05) is 56.3 Å². The summed E-state index contributed by atoms with van der Waals surface area (Å²) in [5, 5.41) is 7.67. The summed E-state index contributed by atoms with van der Waals surface area (Å²) >= 11 is 0. The molecule has 0 fully saturated rings. The van der Waals surface area contributed by atoms with Crippen molar-refractivity contribution in [3.05, 3.63) is 101 Å². The predicted molar refractivity (Wildman–Crippen MR) is 124 cm³/mol. The molecule has 1 amide bonds. The van der Waals surface area contributed by atoms with Gasteiger partial charge in [0.15, 0.2) is 11.5 Å². The Morgan fingerprint density at radius 3 is 2.31 bits per heavy atom. The number of hydrogen-bond donors (Lipinski definition) is 2. The number of carbonyl (C=O) groups is 1. The van der Waals surface area contributed by atoms with Gasteiger partial charge in [-0.15, -0.1) is 0 Å². The van der Waals surface area contributed by atoms with E-state index in [1.54, 1.807) is 0 Å². The van der Waals surface area contributed by atoms with E-state index >= 15 is 0 Å². The lowest BCUT2D eigenvalue weighted by atomic mass is 9.78. The number of aromatic amines is 1. The van der Waals surface area contributed by atoms with Crippen molar-refractivity contribution >= 4 is 11.6 Å². The van der Waals surface area contributed by atoms with Gasteiger partial charge in [0.2, 0.25) is 0 Å². The number of amides is 1. The summed E-state index contributed by atoms with van der Waals surface area (Å²) < 4.78 is 50.5. The van der Waals surface area contributed by atoms with Gasteiger partial charge in [-0.05, 0) is 42.3 Å². The Morgan fingerprint density at radius 1 is 1.00 bits per heavy atom. The third-order valence-corrected chi connectivity index (χ3v) is 5.79. The maximum atomic E-state index is 13.1. The van der Waals surface area contributed by atoms with Crippen molar-refractivity contribution in [2.24, 2.45) is 0 Å². The van der Waals surface area contributed by atoms with E-state index in [2.05, 4.69) is 41.5 Å². The average molecular weight is 483 g/mol. The molecule has 35 heavy (non-hydrogen) atoms. The zero-order valence-electron chi connectivity index (χ0n) is 19.4. The van der Waals surface area contributed by atoms with Crippen molar-refractivity contribution in [1.29, 1.82) is 0 Å². The van der Waals surface area contributed by atoms with E-state index < -0.39 is 23.5 Å². The first-order valence-electron chi connectivity index (χ1n) is 10.9. The first kappa shape index (κ1) is 24.1. The minimum absolute atomic E-state index is 0.0489. The van der Waals surface area contributed by atoms with Crippen LogP contribution in [0.4, 0.5) is 18.9 Å². The van der Waals surface area contributed by atoms with E-state index in [0.29, 0.717) is 11.5 Å². The number of furan rings is 1. The number of carbonyl (C=O) groups excluding carboxylic acids is 1. The number of anilines is 1. The number of aromatic nitrogens is 2. The Labute approximate surface area is 200 Å². The predicted octanol–water partition coefficient (Wildman–Crippen LogP) is 6.49. The largest absolute Gasteiger partial charge is 0.486 e. The zero-order chi connectivity index (χ0) is 25.2. The number of hydrogen-bond acceptors (Lipinski definition) is 4. The highest BCUT2D eigenvalue weighted by molar-refractivity contribution is 6.03. The molecular weight excluding hydrogens is 459 g/mol. The number of nitrogens with zero attached hydrogens (tertiary/aromatic N) is 1. The number of nitrogens with one attached hydrogen (secondary N) is 2. The molecule has 2 N–H and O–H groups in total. The highest BCUT2D eigenvalue weighted by Crippen LogP contribution is 2.35. The fraction of sp³-hybridized carbons (Fsp3) is 0.231. The third-order valence-electron chi connectivity index (χ3n) is 5.79. The molecule has 0 saturated carbocycles. The molecule has 0 unspecified atom stereocenters.